The van der Waals surface area contributed by atoms with Gasteiger partial charge in [-0.2, -0.15) is 0 Å². The summed E-state index contributed by atoms with van der Waals surface area (Å²) in [6, 6.07) is 5.83. The molecule has 0 amide bonds. The Bertz CT molecular complexity index is 359. The van der Waals surface area contributed by atoms with Crippen LogP contribution in [0.15, 0.2) is 18.2 Å². The number of hydrogen-bond acceptors (Lipinski definition) is 2. The monoisotopic (exact) mass is 238 g/mol. The van der Waals surface area contributed by atoms with Gasteiger partial charge in [-0.05, 0) is 30.9 Å². The predicted octanol–water partition coefficient (Wildman–Crippen LogP) is 3.55. The van der Waals surface area contributed by atoms with Crippen molar-refractivity contribution in [3.8, 4) is 0 Å². The van der Waals surface area contributed by atoms with E-state index in [2.05, 4.69) is 11.9 Å². The molecule has 1 saturated carbocycles. The molecular formula is C13H19ClN2. The van der Waals surface area contributed by atoms with Gasteiger partial charge in [0.1, 0.15) is 0 Å². The van der Waals surface area contributed by atoms with E-state index < -0.39 is 0 Å². The maximum absolute atomic E-state index is 6.02. The van der Waals surface area contributed by atoms with Crippen molar-refractivity contribution in [2.45, 2.75) is 25.7 Å². The number of benzene rings is 1. The summed E-state index contributed by atoms with van der Waals surface area (Å²) >= 11 is 6.02. The van der Waals surface area contributed by atoms with E-state index in [4.69, 9.17) is 17.3 Å². The number of halogens is 1. The smallest absolute Gasteiger partial charge is 0.0741 e. The average Bonchev–Trinajstić information content (AvgIpc) is 2.74. The van der Waals surface area contributed by atoms with Crippen LogP contribution in [-0.4, -0.2) is 13.6 Å². The Labute approximate surface area is 102 Å². The van der Waals surface area contributed by atoms with Gasteiger partial charge >= 0.3 is 0 Å². The van der Waals surface area contributed by atoms with Crippen LogP contribution in [0, 0.1) is 5.92 Å². The Morgan fingerprint density at radius 1 is 1.38 bits per heavy atom. The molecule has 0 saturated heterocycles. The van der Waals surface area contributed by atoms with Gasteiger partial charge in [-0.15, -0.1) is 0 Å². The third-order valence-corrected chi connectivity index (χ3v) is 3.78. The van der Waals surface area contributed by atoms with Crippen LogP contribution in [0.2, 0.25) is 5.02 Å². The summed E-state index contributed by atoms with van der Waals surface area (Å²) in [6.07, 6.45) is 5.46. The Kier molecular flexibility index (Phi) is 3.59. The molecule has 1 aliphatic rings. The van der Waals surface area contributed by atoms with Crippen LogP contribution in [-0.2, 0) is 0 Å². The molecule has 0 atom stereocenters. The van der Waals surface area contributed by atoms with Crippen LogP contribution in [0.25, 0.3) is 0 Å². The first-order chi connectivity index (χ1) is 7.68. The number of para-hydroxylation sites is 1. The van der Waals surface area contributed by atoms with Crippen molar-refractivity contribution in [2.75, 3.05) is 24.2 Å². The quantitative estimate of drug-likeness (QED) is 0.816. The van der Waals surface area contributed by atoms with E-state index in [0.717, 1.165) is 18.2 Å². The van der Waals surface area contributed by atoms with Crippen molar-refractivity contribution in [1.82, 2.24) is 0 Å². The number of nitrogens with two attached hydrogens (primary N) is 1. The van der Waals surface area contributed by atoms with Gasteiger partial charge in [0.2, 0.25) is 0 Å². The molecule has 2 N–H and O–H groups in total. The molecular weight excluding hydrogens is 220 g/mol. The van der Waals surface area contributed by atoms with Gasteiger partial charge in [-0.25, -0.2) is 0 Å². The molecule has 1 aliphatic carbocycles. The van der Waals surface area contributed by atoms with Gasteiger partial charge in [-0.1, -0.05) is 30.5 Å². The van der Waals surface area contributed by atoms with Crippen molar-refractivity contribution >= 4 is 23.0 Å². The molecule has 1 fully saturated rings. The van der Waals surface area contributed by atoms with Crippen LogP contribution in [0.4, 0.5) is 11.4 Å². The zero-order valence-electron chi connectivity index (χ0n) is 9.75. The Morgan fingerprint density at radius 3 is 2.75 bits per heavy atom. The molecule has 2 nitrogen and oxygen atoms in total. The summed E-state index contributed by atoms with van der Waals surface area (Å²) in [5, 5.41) is 0.649. The molecule has 3 heteroatoms. The van der Waals surface area contributed by atoms with Crippen LogP contribution in [0.1, 0.15) is 25.7 Å². The number of hydrogen-bond donors (Lipinski definition) is 1. The van der Waals surface area contributed by atoms with Gasteiger partial charge in [0.15, 0.2) is 0 Å². The fourth-order valence-electron chi connectivity index (χ4n) is 2.54. The number of nitrogens with zero attached hydrogens (tertiary/aromatic N) is 1. The first-order valence-electron chi connectivity index (χ1n) is 5.93. The van der Waals surface area contributed by atoms with Gasteiger partial charge < -0.3 is 10.6 Å². The van der Waals surface area contributed by atoms with Gasteiger partial charge in [0, 0.05) is 13.6 Å². The Morgan fingerprint density at radius 2 is 2.06 bits per heavy atom. The molecule has 0 unspecified atom stereocenters. The SMILES string of the molecule is CN(CC1CCCC1)c1cccc(Cl)c1N. The predicted molar refractivity (Wildman–Crippen MR) is 71.1 cm³/mol. The van der Waals surface area contributed by atoms with Crippen molar-refractivity contribution < 1.29 is 0 Å². The lowest BCUT2D eigenvalue weighted by molar-refractivity contribution is 0.547. The highest BCUT2D eigenvalue weighted by atomic mass is 35.5. The minimum absolute atomic E-state index is 0.649. The second-order valence-corrected chi connectivity index (χ2v) is 5.11. The minimum atomic E-state index is 0.649. The fraction of sp³-hybridized carbons (Fsp3) is 0.538. The molecule has 0 radical (unpaired) electrons. The molecule has 0 aliphatic heterocycles. The van der Waals surface area contributed by atoms with E-state index in [1.165, 1.54) is 25.7 Å². The van der Waals surface area contributed by atoms with Crippen molar-refractivity contribution in [2.24, 2.45) is 5.92 Å². The summed E-state index contributed by atoms with van der Waals surface area (Å²) in [5.41, 5.74) is 7.74. The first-order valence-corrected chi connectivity index (χ1v) is 6.31. The molecule has 0 aromatic heterocycles. The van der Waals surface area contributed by atoms with Gasteiger partial charge in [0.05, 0.1) is 16.4 Å². The van der Waals surface area contributed by atoms with Crippen molar-refractivity contribution in [1.29, 1.82) is 0 Å². The van der Waals surface area contributed by atoms with E-state index in [1.807, 2.05) is 18.2 Å². The molecule has 1 aromatic carbocycles. The lowest BCUT2D eigenvalue weighted by atomic mass is 10.1. The maximum Gasteiger partial charge on any atom is 0.0741 e. The highest BCUT2D eigenvalue weighted by Crippen LogP contribution is 2.32. The summed E-state index contributed by atoms with van der Waals surface area (Å²) in [4.78, 5) is 2.23. The molecule has 88 valence electrons. The maximum atomic E-state index is 6.02. The number of anilines is 2. The van der Waals surface area contributed by atoms with Crippen molar-refractivity contribution in [3.63, 3.8) is 0 Å². The van der Waals surface area contributed by atoms with Crippen molar-refractivity contribution in [3.05, 3.63) is 23.2 Å². The summed E-state index contributed by atoms with van der Waals surface area (Å²) < 4.78 is 0. The van der Waals surface area contributed by atoms with Crippen LogP contribution < -0.4 is 10.6 Å². The zero-order chi connectivity index (χ0) is 11.5. The average molecular weight is 239 g/mol. The summed E-state index contributed by atoms with van der Waals surface area (Å²) in [5.74, 6) is 0.823. The molecule has 1 aromatic rings. The second-order valence-electron chi connectivity index (χ2n) is 4.70. The third kappa shape index (κ3) is 2.43. The molecule has 16 heavy (non-hydrogen) atoms. The second kappa shape index (κ2) is 4.96. The van der Waals surface area contributed by atoms with Crippen LogP contribution >= 0.6 is 11.6 Å². The minimum Gasteiger partial charge on any atom is -0.396 e. The van der Waals surface area contributed by atoms with Gasteiger partial charge in [0.25, 0.3) is 0 Å². The largest absolute Gasteiger partial charge is 0.396 e. The molecule has 2 rings (SSSR count). The summed E-state index contributed by atoms with van der Waals surface area (Å²) in [6.45, 7) is 1.09. The highest BCUT2D eigenvalue weighted by Gasteiger charge is 2.18. The first kappa shape index (κ1) is 11.6. The lowest BCUT2D eigenvalue weighted by Crippen LogP contribution is -2.24. The molecule has 0 spiro atoms. The van der Waals surface area contributed by atoms with E-state index >= 15 is 0 Å². The molecule has 0 heterocycles. The number of nitrogen functional groups attached to an aromatic ring is 1. The topological polar surface area (TPSA) is 29.3 Å². The highest BCUT2D eigenvalue weighted by molar-refractivity contribution is 6.33. The normalized spacial score (nSPS) is 16.6. The summed E-state index contributed by atoms with van der Waals surface area (Å²) in [7, 11) is 2.10. The lowest BCUT2D eigenvalue weighted by Gasteiger charge is -2.24. The van der Waals surface area contributed by atoms with E-state index in [-0.39, 0.29) is 0 Å². The molecule has 0 bridgehead atoms. The van der Waals surface area contributed by atoms with Crippen LogP contribution in [0.3, 0.4) is 0 Å². The van der Waals surface area contributed by atoms with E-state index in [1.54, 1.807) is 0 Å². The van der Waals surface area contributed by atoms with Crippen LogP contribution in [0.5, 0.6) is 0 Å². The van der Waals surface area contributed by atoms with E-state index in [0.29, 0.717) is 10.7 Å². The standard InChI is InChI=1S/C13H19ClN2/c1-16(9-10-5-2-3-6-10)12-8-4-7-11(14)13(12)15/h4,7-8,10H,2-3,5-6,9,15H2,1H3. The Hall–Kier alpha value is -0.890. The third-order valence-electron chi connectivity index (χ3n) is 3.45. The van der Waals surface area contributed by atoms with Gasteiger partial charge in [-0.3, -0.25) is 0 Å². The Balaban J connectivity index is 2.07. The number of rotatable bonds is 3. The van der Waals surface area contributed by atoms with E-state index in [9.17, 15) is 0 Å². The zero-order valence-corrected chi connectivity index (χ0v) is 10.5. The fourth-order valence-corrected chi connectivity index (χ4v) is 2.71.